The Morgan fingerprint density at radius 1 is 0.929 bits per heavy atom. The monoisotopic (exact) mass is 561 g/mol. The SMILES string of the molecule is Cc1ncc(NC(=O)c2ccc3c(c2)OCCO3)cc1-c1cc2cc(C(N)=O)ccc2nc1OCCc1ccccn1. The number of hydrogen-bond donors (Lipinski definition) is 2. The standard InChI is InChI=1S/C32H27N5O5/c1-19-25(17-24(18-35-19)36-31(39)21-6-8-28-29(16-21)41-13-12-40-28)26-15-22-14-20(30(33)38)5-7-27(22)37-32(26)42-11-9-23-4-2-3-10-34-23/h2-8,10,14-18H,9,11-13H2,1H3,(H2,33,38)(H,36,39). The fourth-order valence-electron chi connectivity index (χ4n) is 4.68. The molecule has 3 aromatic heterocycles. The summed E-state index contributed by atoms with van der Waals surface area (Å²) in [7, 11) is 0. The molecule has 0 aliphatic carbocycles. The molecule has 6 rings (SSSR count). The van der Waals surface area contributed by atoms with E-state index in [0.29, 0.717) is 88.2 Å². The molecule has 3 N–H and O–H groups in total. The number of nitrogens with two attached hydrogens (primary N) is 1. The number of fused-ring (bicyclic) bond motifs is 2. The summed E-state index contributed by atoms with van der Waals surface area (Å²) in [5.74, 6) is 0.678. The zero-order valence-electron chi connectivity index (χ0n) is 22.8. The predicted octanol–water partition coefficient (Wildman–Crippen LogP) is 4.74. The highest BCUT2D eigenvalue weighted by molar-refractivity contribution is 6.05. The van der Waals surface area contributed by atoms with Gasteiger partial charge in [-0.3, -0.25) is 19.6 Å². The second kappa shape index (κ2) is 11.5. The number of ether oxygens (including phenoxy) is 3. The summed E-state index contributed by atoms with van der Waals surface area (Å²) < 4.78 is 17.4. The molecule has 10 heteroatoms. The van der Waals surface area contributed by atoms with E-state index in [4.69, 9.17) is 24.9 Å². The summed E-state index contributed by atoms with van der Waals surface area (Å²) in [6.07, 6.45) is 3.92. The molecule has 2 aromatic carbocycles. The van der Waals surface area contributed by atoms with Crippen molar-refractivity contribution in [2.75, 3.05) is 25.1 Å². The molecule has 1 aliphatic rings. The van der Waals surface area contributed by atoms with E-state index in [2.05, 4.69) is 15.3 Å². The van der Waals surface area contributed by atoms with Crippen LogP contribution in [0.15, 0.2) is 79.1 Å². The van der Waals surface area contributed by atoms with Crippen molar-refractivity contribution in [3.05, 3.63) is 102 Å². The number of benzene rings is 2. The van der Waals surface area contributed by atoms with Crippen LogP contribution in [0.2, 0.25) is 0 Å². The van der Waals surface area contributed by atoms with Crippen molar-refractivity contribution in [1.29, 1.82) is 0 Å². The van der Waals surface area contributed by atoms with E-state index in [1.54, 1.807) is 48.8 Å². The molecule has 0 unspecified atom stereocenters. The number of carbonyl (C=O) groups excluding carboxylic acids is 2. The van der Waals surface area contributed by atoms with Crippen LogP contribution in [-0.2, 0) is 6.42 Å². The van der Waals surface area contributed by atoms with Gasteiger partial charge in [0.15, 0.2) is 11.5 Å². The van der Waals surface area contributed by atoms with E-state index in [1.807, 2.05) is 37.3 Å². The van der Waals surface area contributed by atoms with Gasteiger partial charge in [-0.1, -0.05) is 6.07 Å². The summed E-state index contributed by atoms with van der Waals surface area (Å²) in [4.78, 5) is 38.6. The molecule has 10 nitrogen and oxygen atoms in total. The zero-order valence-corrected chi connectivity index (χ0v) is 22.8. The first-order valence-electron chi connectivity index (χ1n) is 13.4. The van der Waals surface area contributed by atoms with Gasteiger partial charge in [0, 0.05) is 51.6 Å². The number of aromatic nitrogens is 3. The molecular formula is C32H27N5O5. The van der Waals surface area contributed by atoms with Gasteiger partial charge >= 0.3 is 0 Å². The van der Waals surface area contributed by atoms with Crippen LogP contribution in [0.3, 0.4) is 0 Å². The first-order chi connectivity index (χ1) is 20.4. The van der Waals surface area contributed by atoms with Crippen LogP contribution in [0.4, 0.5) is 5.69 Å². The maximum Gasteiger partial charge on any atom is 0.255 e. The number of aryl methyl sites for hydroxylation is 1. The number of pyridine rings is 3. The molecule has 0 saturated carbocycles. The summed E-state index contributed by atoms with van der Waals surface area (Å²) in [5, 5.41) is 3.63. The van der Waals surface area contributed by atoms with Gasteiger partial charge in [-0.05, 0) is 67.6 Å². The Balaban J connectivity index is 1.34. The van der Waals surface area contributed by atoms with Gasteiger partial charge in [-0.15, -0.1) is 0 Å². The summed E-state index contributed by atoms with van der Waals surface area (Å²) >= 11 is 0. The second-order valence-electron chi connectivity index (χ2n) is 9.70. The van der Waals surface area contributed by atoms with Crippen LogP contribution >= 0.6 is 0 Å². The van der Waals surface area contributed by atoms with E-state index >= 15 is 0 Å². The number of nitrogens with zero attached hydrogens (tertiary/aromatic N) is 3. The van der Waals surface area contributed by atoms with Crippen molar-refractivity contribution in [1.82, 2.24) is 15.0 Å². The Kier molecular flexibility index (Phi) is 7.33. The number of amides is 2. The average Bonchev–Trinajstić information content (AvgIpc) is 3.01. The highest BCUT2D eigenvalue weighted by Crippen LogP contribution is 2.35. The topological polar surface area (TPSA) is 139 Å². The van der Waals surface area contributed by atoms with Gasteiger partial charge in [-0.2, -0.15) is 0 Å². The molecule has 42 heavy (non-hydrogen) atoms. The minimum absolute atomic E-state index is 0.321. The van der Waals surface area contributed by atoms with E-state index in [9.17, 15) is 9.59 Å². The van der Waals surface area contributed by atoms with Crippen LogP contribution in [0.1, 0.15) is 32.1 Å². The zero-order chi connectivity index (χ0) is 29.1. The van der Waals surface area contributed by atoms with E-state index in [-0.39, 0.29) is 5.91 Å². The van der Waals surface area contributed by atoms with Crippen molar-refractivity contribution in [2.24, 2.45) is 5.73 Å². The van der Waals surface area contributed by atoms with Gasteiger partial charge < -0.3 is 25.3 Å². The highest BCUT2D eigenvalue weighted by atomic mass is 16.6. The van der Waals surface area contributed by atoms with E-state index in [0.717, 1.165) is 5.69 Å². The van der Waals surface area contributed by atoms with Crippen LogP contribution in [0.5, 0.6) is 17.4 Å². The van der Waals surface area contributed by atoms with Gasteiger partial charge in [0.25, 0.3) is 5.91 Å². The fraction of sp³-hybridized carbons (Fsp3) is 0.156. The Hall–Kier alpha value is -5.51. The number of hydrogen-bond acceptors (Lipinski definition) is 8. The van der Waals surface area contributed by atoms with Crippen LogP contribution in [-0.4, -0.2) is 46.6 Å². The quantitative estimate of drug-likeness (QED) is 0.277. The molecule has 0 fully saturated rings. The molecular weight excluding hydrogens is 534 g/mol. The number of rotatable bonds is 8. The predicted molar refractivity (Wildman–Crippen MR) is 157 cm³/mol. The third kappa shape index (κ3) is 5.68. The minimum Gasteiger partial charge on any atom is -0.486 e. The van der Waals surface area contributed by atoms with Crippen molar-refractivity contribution >= 4 is 28.4 Å². The second-order valence-corrected chi connectivity index (χ2v) is 9.70. The van der Waals surface area contributed by atoms with E-state index in [1.165, 1.54) is 0 Å². The number of nitrogens with one attached hydrogen (secondary N) is 1. The Bertz CT molecular complexity index is 1810. The molecule has 0 atom stereocenters. The highest BCUT2D eigenvalue weighted by Gasteiger charge is 2.18. The summed E-state index contributed by atoms with van der Waals surface area (Å²) in [6.45, 7) is 3.10. The lowest BCUT2D eigenvalue weighted by atomic mass is 10.0. The molecule has 0 bridgehead atoms. The smallest absolute Gasteiger partial charge is 0.255 e. The number of carbonyl (C=O) groups is 2. The molecule has 5 aromatic rings. The van der Waals surface area contributed by atoms with Crippen molar-refractivity contribution in [3.63, 3.8) is 0 Å². The maximum absolute atomic E-state index is 13.1. The van der Waals surface area contributed by atoms with Gasteiger partial charge in [0.1, 0.15) is 13.2 Å². The fourth-order valence-corrected chi connectivity index (χ4v) is 4.68. The Labute approximate surface area is 241 Å². The third-order valence-electron chi connectivity index (χ3n) is 6.83. The Morgan fingerprint density at radius 2 is 1.76 bits per heavy atom. The van der Waals surface area contributed by atoms with Crippen LogP contribution < -0.4 is 25.3 Å². The van der Waals surface area contributed by atoms with Gasteiger partial charge in [0.05, 0.1) is 24.0 Å². The Morgan fingerprint density at radius 3 is 2.57 bits per heavy atom. The summed E-state index contributed by atoms with van der Waals surface area (Å²) in [6, 6.07) is 19.6. The molecule has 2 amide bonds. The normalized spacial score (nSPS) is 12.1. The molecule has 0 spiro atoms. The first kappa shape index (κ1) is 26.7. The third-order valence-corrected chi connectivity index (χ3v) is 6.83. The maximum atomic E-state index is 13.1. The van der Waals surface area contributed by atoms with Gasteiger partial charge in [-0.25, -0.2) is 4.98 Å². The van der Waals surface area contributed by atoms with E-state index < -0.39 is 5.91 Å². The molecule has 4 heterocycles. The minimum atomic E-state index is -0.532. The van der Waals surface area contributed by atoms with Crippen molar-refractivity contribution in [2.45, 2.75) is 13.3 Å². The van der Waals surface area contributed by atoms with Crippen molar-refractivity contribution in [3.8, 4) is 28.5 Å². The largest absolute Gasteiger partial charge is 0.486 e. The summed E-state index contributed by atoms with van der Waals surface area (Å²) in [5.41, 5.74) is 10.4. The number of anilines is 1. The van der Waals surface area contributed by atoms with Crippen LogP contribution in [0.25, 0.3) is 22.0 Å². The first-order valence-corrected chi connectivity index (χ1v) is 13.4. The average molecular weight is 562 g/mol. The lowest BCUT2D eigenvalue weighted by Gasteiger charge is -2.18. The lowest BCUT2D eigenvalue weighted by Crippen LogP contribution is -2.17. The van der Waals surface area contributed by atoms with Crippen molar-refractivity contribution < 1.29 is 23.8 Å². The molecule has 210 valence electrons. The molecule has 0 saturated heterocycles. The molecule has 1 aliphatic heterocycles. The van der Waals surface area contributed by atoms with Crippen LogP contribution in [0, 0.1) is 6.92 Å². The lowest BCUT2D eigenvalue weighted by molar-refractivity contribution is 0.0997. The molecule has 0 radical (unpaired) electrons. The number of primary amides is 1. The van der Waals surface area contributed by atoms with Gasteiger partial charge in [0.2, 0.25) is 11.8 Å².